The molecule has 0 spiro atoms. The van der Waals surface area contributed by atoms with Gasteiger partial charge < -0.3 is 10.4 Å². The largest absolute Gasteiger partial charge is 0.481 e. The highest BCUT2D eigenvalue weighted by Gasteiger charge is 2.34. The molecule has 1 aliphatic rings. The molecule has 1 amide bonds. The lowest BCUT2D eigenvalue weighted by Gasteiger charge is -2.36. The van der Waals surface area contributed by atoms with Crippen molar-refractivity contribution in [1.82, 2.24) is 15.1 Å². The Balaban J connectivity index is 1.80. The second-order valence-electron chi connectivity index (χ2n) is 5.93. The first kappa shape index (κ1) is 15.5. The summed E-state index contributed by atoms with van der Waals surface area (Å²) in [6.07, 6.45) is 9.05. The van der Waals surface area contributed by atoms with Gasteiger partial charge in [0.25, 0.3) is 0 Å². The van der Waals surface area contributed by atoms with Gasteiger partial charge in [-0.2, -0.15) is 5.10 Å². The predicted octanol–water partition coefficient (Wildman–Crippen LogP) is 1.81. The van der Waals surface area contributed by atoms with Gasteiger partial charge in [-0.1, -0.05) is 19.3 Å². The van der Waals surface area contributed by atoms with Crippen molar-refractivity contribution in [1.29, 1.82) is 0 Å². The molecule has 6 nitrogen and oxygen atoms in total. The van der Waals surface area contributed by atoms with Crippen molar-refractivity contribution in [3.63, 3.8) is 0 Å². The fraction of sp³-hybridized carbons (Fsp3) is 0.667. The summed E-state index contributed by atoms with van der Waals surface area (Å²) in [7, 11) is 0. The minimum absolute atomic E-state index is 0.0409. The number of carboxylic acid groups (broad SMARTS) is 1. The minimum atomic E-state index is -0.775. The third-order valence-electron chi connectivity index (χ3n) is 4.23. The molecule has 1 aromatic rings. The molecule has 1 aliphatic carbocycles. The number of amides is 1. The lowest BCUT2D eigenvalue weighted by molar-refractivity contribution is -0.140. The van der Waals surface area contributed by atoms with Crippen molar-refractivity contribution < 1.29 is 14.7 Å². The molecule has 0 aromatic carbocycles. The third-order valence-corrected chi connectivity index (χ3v) is 4.23. The SMILES string of the molecule is O=C(O)CC1(CNC(=O)CCn2cccn2)CCCCC1. The maximum Gasteiger partial charge on any atom is 0.303 e. The average molecular weight is 293 g/mol. The molecule has 0 bridgehead atoms. The molecule has 1 heterocycles. The zero-order chi connectivity index (χ0) is 15.1. The molecule has 2 N–H and O–H groups in total. The van der Waals surface area contributed by atoms with Crippen LogP contribution < -0.4 is 5.32 Å². The highest BCUT2D eigenvalue weighted by Crippen LogP contribution is 2.38. The zero-order valence-electron chi connectivity index (χ0n) is 12.3. The molecule has 0 saturated heterocycles. The average Bonchev–Trinajstić information content (AvgIpc) is 2.96. The minimum Gasteiger partial charge on any atom is -0.481 e. The first-order valence-electron chi connectivity index (χ1n) is 7.56. The standard InChI is InChI=1S/C15H23N3O3/c19-13(5-10-18-9-4-8-17-18)16-12-15(11-14(20)21)6-2-1-3-7-15/h4,8-9H,1-3,5-7,10-12H2,(H,16,19)(H,20,21). The van der Waals surface area contributed by atoms with E-state index < -0.39 is 5.97 Å². The Morgan fingerprint density at radius 1 is 1.29 bits per heavy atom. The van der Waals surface area contributed by atoms with Gasteiger partial charge in [0.2, 0.25) is 5.91 Å². The van der Waals surface area contributed by atoms with Crippen molar-refractivity contribution >= 4 is 11.9 Å². The van der Waals surface area contributed by atoms with Crippen LogP contribution in [0.2, 0.25) is 0 Å². The van der Waals surface area contributed by atoms with Crippen LogP contribution in [0.1, 0.15) is 44.9 Å². The van der Waals surface area contributed by atoms with E-state index in [1.54, 1.807) is 10.9 Å². The Hall–Kier alpha value is -1.85. The molecule has 0 radical (unpaired) electrons. The van der Waals surface area contributed by atoms with Gasteiger partial charge in [-0.3, -0.25) is 14.3 Å². The number of carbonyl (C=O) groups is 2. The van der Waals surface area contributed by atoms with Gasteiger partial charge in [0.15, 0.2) is 0 Å². The fourth-order valence-electron chi connectivity index (χ4n) is 3.06. The summed E-state index contributed by atoms with van der Waals surface area (Å²) in [6, 6.07) is 1.82. The molecule has 2 rings (SSSR count). The van der Waals surface area contributed by atoms with Crippen LogP contribution in [-0.2, 0) is 16.1 Å². The van der Waals surface area contributed by atoms with Gasteiger partial charge in [-0.25, -0.2) is 0 Å². The zero-order valence-corrected chi connectivity index (χ0v) is 12.3. The summed E-state index contributed by atoms with van der Waals surface area (Å²) in [6.45, 7) is 1.02. The molecule has 1 fully saturated rings. The second kappa shape index (κ2) is 7.24. The maximum absolute atomic E-state index is 11.9. The van der Waals surface area contributed by atoms with Crippen LogP contribution in [0.15, 0.2) is 18.5 Å². The molecule has 1 aromatic heterocycles. The summed E-state index contributed by atoms with van der Waals surface area (Å²) >= 11 is 0. The van der Waals surface area contributed by atoms with Gasteiger partial charge in [-0.15, -0.1) is 0 Å². The topological polar surface area (TPSA) is 84.2 Å². The molecule has 21 heavy (non-hydrogen) atoms. The molecule has 6 heteroatoms. The van der Waals surface area contributed by atoms with Gasteiger partial charge in [0.05, 0.1) is 6.42 Å². The lowest BCUT2D eigenvalue weighted by atomic mass is 9.71. The number of carboxylic acids is 1. The summed E-state index contributed by atoms with van der Waals surface area (Å²) in [5, 5.41) is 16.1. The fourth-order valence-corrected chi connectivity index (χ4v) is 3.06. The van der Waals surface area contributed by atoms with E-state index in [1.165, 1.54) is 0 Å². The van der Waals surface area contributed by atoms with Gasteiger partial charge >= 0.3 is 5.97 Å². The Morgan fingerprint density at radius 3 is 2.67 bits per heavy atom. The smallest absolute Gasteiger partial charge is 0.303 e. The number of rotatable bonds is 7. The number of carbonyl (C=O) groups excluding carboxylic acids is 1. The molecular formula is C15H23N3O3. The van der Waals surface area contributed by atoms with Crippen LogP contribution in [0.25, 0.3) is 0 Å². The predicted molar refractivity (Wildman–Crippen MR) is 77.6 cm³/mol. The lowest BCUT2D eigenvalue weighted by Crippen LogP contribution is -2.40. The van der Waals surface area contributed by atoms with Crippen molar-refractivity contribution in [2.24, 2.45) is 5.41 Å². The van der Waals surface area contributed by atoms with Gasteiger partial charge in [0, 0.05) is 31.9 Å². The monoisotopic (exact) mass is 293 g/mol. The van der Waals surface area contributed by atoms with Crippen molar-refractivity contribution in [3.05, 3.63) is 18.5 Å². The Labute approximate surface area is 124 Å². The highest BCUT2D eigenvalue weighted by atomic mass is 16.4. The molecule has 0 unspecified atom stereocenters. The normalized spacial score (nSPS) is 17.3. The summed E-state index contributed by atoms with van der Waals surface area (Å²) in [5.41, 5.74) is -0.258. The van der Waals surface area contributed by atoms with E-state index >= 15 is 0 Å². The highest BCUT2D eigenvalue weighted by molar-refractivity contribution is 5.76. The molecule has 0 aliphatic heterocycles. The van der Waals surface area contributed by atoms with E-state index in [1.807, 2.05) is 12.3 Å². The van der Waals surface area contributed by atoms with Crippen LogP contribution >= 0.6 is 0 Å². The van der Waals surface area contributed by atoms with Crippen molar-refractivity contribution in [3.8, 4) is 0 Å². The van der Waals surface area contributed by atoms with E-state index in [2.05, 4.69) is 10.4 Å². The number of nitrogens with one attached hydrogen (secondary N) is 1. The van der Waals surface area contributed by atoms with E-state index in [0.29, 0.717) is 19.5 Å². The third kappa shape index (κ3) is 4.88. The van der Waals surface area contributed by atoms with E-state index in [4.69, 9.17) is 5.11 Å². The van der Waals surface area contributed by atoms with Crippen molar-refractivity contribution in [2.75, 3.05) is 6.54 Å². The second-order valence-corrected chi connectivity index (χ2v) is 5.93. The number of hydrogen-bond acceptors (Lipinski definition) is 3. The van der Waals surface area contributed by atoms with E-state index in [9.17, 15) is 9.59 Å². The van der Waals surface area contributed by atoms with E-state index in [0.717, 1.165) is 32.1 Å². The molecule has 116 valence electrons. The first-order valence-corrected chi connectivity index (χ1v) is 7.56. The summed E-state index contributed by atoms with van der Waals surface area (Å²) in [4.78, 5) is 23.0. The maximum atomic E-state index is 11.9. The summed E-state index contributed by atoms with van der Waals surface area (Å²) in [5.74, 6) is -0.816. The number of hydrogen-bond donors (Lipinski definition) is 2. The quantitative estimate of drug-likeness (QED) is 0.803. The summed E-state index contributed by atoms with van der Waals surface area (Å²) < 4.78 is 1.72. The van der Waals surface area contributed by atoms with Gasteiger partial charge in [-0.05, 0) is 24.3 Å². The molecular weight excluding hydrogens is 270 g/mol. The van der Waals surface area contributed by atoms with Crippen LogP contribution in [0.3, 0.4) is 0 Å². The number of aliphatic carboxylic acids is 1. The molecule has 0 atom stereocenters. The first-order chi connectivity index (χ1) is 10.1. The van der Waals surface area contributed by atoms with E-state index in [-0.39, 0.29) is 17.7 Å². The van der Waals surface area contributed by atoms with Crippen LogP contribution in [0.5, 0.6) is 0 Å². The van der Waals surface area contributed by atoms with Crippen LogP contribution in [0, 0.1) is 5.41 Å². The Bertz CT molecular complexity index is 465. The number of aryl methyl sites for hydroxylation is 1. The van der Waals surface area contributed by atoms with Crippen LogP contribution in [0.4, 0.5) is 0 Å². The Kier molecular flexibility index (Phi) is 5.36. The van der Waals surface area contributed by atoms with Crippen LogP contribution in [-0.4, -0.2) is 33.3 Å². The number of nitrogens with zero attached hydrogens (tertiary/aromatic N) is 2. The molecule has 1 saturated carbocycles. The van der Waals surface area contributed by atoms with Crippen molar-refractivity contribution in [2.45, 2.75) is 51.5 Å². The Morgan fingerprint density at radius 2 is 2.05 bits per heavy atom. The number of aromatic nitrogens is 2. The van der Waals surface area contributed by atoms with Gasteiger partial charge in [0.1, 0.15) is 0 Å².